The number of carboxylic acids is 1. The minimum Gasteiger partial charge on any atom is -0.478 e. The lowest BCUT2D eigenvalue weighted by Gasteiger charge is -2.27. The van der Waals surface area contributed by atoms with Crippen molar-refractivity contribution in [2.45, 2.75) is 42.5 Å². The number of hydrogen-bond acceptors (Lipinski definition) is 7. The van der Waals surface area contributed by atoms with Crippen molar-refractivity contribution in [1.82, 2.24) is 24.8 Å². The van der Waals surface area contributed by atoms with Gasteiger partial charge in [-0.2, -0.15) is 0 Å². The number of aromatic carboxylic acids is 1. The van der Waals surface area contributed by atoms with E-state index in [0.29, 0.717) is 30.1 Å². The van der Waals surface area contributed by atoms with Gasteiger partial charge in [-0.1, -0.05) is 12.1 Å². The van der Waals surface area contributed by atoms with Gasteiger partial charge in [-0.05, 0) is 66.3 Å². The van der Waals surface area contributed by atoms with Crippen LogP contribution in [0.5, 0.6) is 0 Å². The number of rotatable bonds is 8. The largest absolute Gasteiger partial charge is 0.478 e. The molecule has 0 spiro atoms. The number of imidazole rings is 1. The Kier molecular flexibility index (Phi) is 7.82. The number of alkyl halides is 1. The van der Waals surface area contributed by atoms with Gasteiger partial charge in [0.05, 0.1) is 24.3 Å². The van der Waals surface area contributed by atoms with Crippen LogP contribution in [-0.2, 0) is 6.54 Å². The molecule has 0 saturated carbocycles. The first-order valence-electron chi connectivity index (χ1n) is 13.7. The van der Waals surface area contributed by atoms with Crippen LogP contribution in [0, 0.1) is 5.82 Å². The molecule has 9 nitrogen and oxygen atoms in total. The maximum atomic E-state index is 14.8. The highest BCUT2D eigenvalue weighted by atomic mass is 32.2. The van der Waals surface area contributed by atoms with E-state index in [4.69, 9.17) is 0 Å². The summed E-state index contributed by atoms with van der Waals surface area (Å²) in [6, 6.07) is 14.4. The van der Waals surface area contributed by atoms with Crippen LogP contribution in [0.3, 0.4) is 0 Å². The summed E-state index contributed by atoms with van der Waals surface area (Å²) >= 11 is 1.49. The van der Waals surface area contributed by atoms with Crippen LogP contribution in [0.15, 0.2) is 65.7 Å². The number of carboxylic acid groups (broad SMARTS) is 1. The zero-order valence-electron chi connectivity index (χ0n) is 22.9. The van der Waals surface area contributed by atoms with E-state index >= 15 is 0 Å². The molecule has 2 aliphatic rings. The third-order valence-corrected chi connectivity index (χ3v) is 8.68. The molecule has 2 aromatic carbocycles. The topological polar surface area (TPSA) is 103 Å². The summed E-state index contributed by atoms with van der Waals surface area (Å²) in [5.74, 6) is -1.17. The molecule has 218 valence electrons. The van der Waals surface area contributed by atoms with Gasteiger partial charge in [0.15, 0.2) is 11.3 Å². The summed E-state index contributed by atoms with van der Waals surface area (Å²) < 4.78 is 30.4. The summed E-state index contributed by atoms with van der Waals surface area (Å²) in [6.07, 6.45) is 3.24. The second kappa shape index (κ2) is 11.7. The molecule has 2 aliphatic heterocycles. The summed E-state index contributed by atoms with van der Waals surface area (Å²) in [7, 11) is 0. The van der Waals surface area contributed by atoms with Crippen molar-refractivity contribution in [2.75, 3.05) is 30.8 Å². The van der Waals surface area contributed by atoms with Gasteiger partial charge in [-0.25, -0.2) is 23.1 Å². The minimum absolute atomic E-state index is 0.0953. The number of benzene rings is 2. The third kappa shape index (κ3) is 5.68. The molecule has 6 rings (SSSR count). The molecule has 2 aromatic heterocycles. The van der Waals surface area contributed by atoms with E-state index in [-0.39, 0.29) is 42.0 Å². The average Bonchev–Trinajstić information content (AvgIpc) is 3.71. The number of halogens is 2. The fourth-order valence-corrected chi connectivity index (χ4v) is 6.52. The van der Waals surface area contributed by atoms with Crippen molar-refractivity contribution in [1.29, 1.82) is 0 Å². The zero-order valence-corrected chi connectivity index (χ0v) is 23.7. The lowest BCUT2D eigenvalue weighted by molar-refractivity contribution is 0.0696. The van der Waals surface area contributed by atoms with Crippen LogP contribution in [0.2, 0.25) is 0 Å². The molecule has 2 saturated heterocycles. The second-order valence-electron chi connectivity index (χ2n) is 10.7. The minimum atomic E-state index is -1.10. The van der Waals surface area contributed by atoms with Crippen molar-refractivity contribution < 1.29 is 23.5 Å². The van der Waals surface area contributed by atoms with E-state index < -0.39 is 18.2 Å². The SMILES string of the molecule is CSc1ccc(F)cc1C1C[C@H](F)CN1c1ccc2ncc(C(=O)N[C@H]3CCN(Cc4cccc(C(=O)O)c4)C3)n2n1. The average molecular weight is 593 g/mol. The Labute approximate surface area is 245 Å². The molecule has 2 fully saturated rings. The van der Waals surface area contributed by atoms with Gasteiger partial charge in [-0.15, -0.1) is 16.9 Å². The quantitative estimate of drug-likeness (QED) is 0.287. The van der Waals surface area contributed by atoms with Gasteiger partial charge in [-0.3, -0.25) is 9.69 Å². The molecule has 3 atom stereocenters. The molecule has 4 aromatic rings. The Morgan fingerprint density at radius 2 is 2.00 bits per heavy atom. The monoisotopic (exact) mass is 592 g/mol. The van der Waals surface area contributed by atoms with Crippen molar-refractivity contribution in [2.24, 2.45) is 0 Å². The van der Waals surface area contributed by atoms with E-state index in [1.54, 1.807) is 36.4 Å². The maximum Gasteiger partial charge on any atom is 0.335 e. The molecule has 0 radical (unpaired) electrons. The number of aromatic nitrogens is 3. The molecule has 42 heavy (non-hydrogen) atoms. The lowest BCUT2D eigenvalue weighted by Crippen LogP contribution is -2.37. The van der Waals surface area contributed by atoms with E-state index in [9.17, 15) is 23.5 Å². The second-order valence-corrected chi connectivity index (χ2v) is 11.5. The number of hydrogen-bond donors (Lipinski definition) is 2. The van der Waals surface area contributed by atoms with Crippen molar-refractivity contribution >= 4 is 35.1 Å². The Morgan fingerprint density at radius 1 is 1.14 bits per heavy atom. The molecule has 1 amide bonds. The molecule has 4 heterocycles. The van der Waals surface area contributed by atoms with E-state index in [1.807, 2.05) is 17.2 Å². The van der Waals surface area contributed by atoms with E-state index in [0.717, 1.165) is 23.4 Å². The maximum absolute atomic E-state index is 14.8. The molecule has 2 N–H and O–H groups in total. The number of anilines is 1. The number of likely N-dealkylation sites (tertiary alicyclic amines) is 1. The molecule has 0 bridgehead atoms. The van der Waals surface area contributed by atoms with Crippen LogP contribution >= 0.6 is 11.8 Å². The van der Waals surface area contributed by atoms with Gasteiger partial charge in [0.25, 0.3) is 5.91 Å². The number of amides is 1. The Balaban J connectivity index is 1.18. The molecule has 12 heteroatoms. The van der Waals surface area contributed by atoms with Crippen LogP contribution < -0.4 is 10.2 Å². The van der Waals surface area contributed by atoms with Crippen LogP contribution in [-0.4, -0.2) is 74.6 Å². The van der Waals surface area contributed by atoms with Crippen LogP contribution in [0.4, 0.5) is 14.6 Å². The normalized spacial score (nSPS) is 20.8. The predicted octanol–water partition coefficient (Wildman–Crippen LogP) is 4.58. The predicted molar refractivity (Wildman–Crippen MR) is 155 cm³/mol. The molecular weight excluding hydrogens is 562 g/mol. The highest BCUT2D eigenvalue weighted by Crippen LogP contribution is 2.40. The van der Waals surface area contributed by atoms with Crippen molar-refractivity contribution in [3.63, 3.8) is 0 Å². The Bertz CT molecular complexity index is 1650. The van der Waals surface area contributed by atoms with Gasteiger partial charge in [0.1, 0.15) is 17.8 Å². The number of nitrogens with one attached hydrogen (secondary N) is 1. The fourth-order valence-electron chi connectivity index (χ4n) is 5.88. The van der Waals surface area contributed by atoms with Crippen molar-refractivity contribution in [3.05, 3.63) is 89.0 Å². The number of carbonyl (C=O) groups excluding carboxylic acids is 1. The highest BCUT2D eigenvalue weighted by molar-refractivity contribution is 7.98. The lowest BCUT2D eigenvalue weighted by atomic mass is 10.0. The standard InChI is InChI=1S/C30H30F2N6O3S/c1-42-26-6-5-20(31)12-23(26)24-13-21(32)16-37(24)28-8-7-27-33-14-25(38(27)35-28)29(39)34-22-9-10-36(17-22)15-18-3-2-4-19(11-18)30(40)41/h2-8,11-12,14,21-22,24H,9-10,13,15-17H2,1H3,(H,34,39)(H,40,41)/t21-,22-,24?/m0/s1. The molecular formula is C30H30F2N6O3S. The van der Waals surface area contributed by atoms with Gasteiger partial charge >= 0.3 is 5.97 Å². The van der Waals surface area contributed by atoms with Gasteiger partial charge < -0.3 is 15.3 Å². The summed E-state index contributed by atoms with van der Waals surface area (Å²) in [5.41, 5.74) is 2.62. The highest BCUT2D eigenvalue weighted by Gasteiger charge is 2.36. The summed E-state index contributed by atoms with van der Waals surface area (Å²) in [4.78, 5) is 33.9. The third-order valence-electron chi connectivity index (χ3n) is 7.86. The molecule has 1 unspecified atom stereocenters. The first-order valence-corrected chi connectivity index (χ1v) is 15.0. The molecule has 0 aliphatic carbocycles. The van der Waals surface area contributed by atoms with Crippen LogP contribution in [0.1, 0.15) is 50.9 Å². The fraction of sp³-hybridized carbons (Fsp3) is 0.333. The number of nitrogens with zero attached hydrogens (tertiary/aromatic N) is 5. The number of carbonyl (C=O) groups is 2. The smallest absolute Gasteiger partial charge is 0.335 e. The number of thioether (sulfide) groups is 1. The Morgan fingerprint density at radius 3 is 2.81 bits per heavy atom. The summed E-state index contributed by atoms with van der Waals surface area (Å²) in [5, 5.41) is 17.0. The Hall–Kier alpha value is -4.03. The zero-order chi connectivity index (χ0) is 29.4. The number of fused-ring (bicyclic) bond motifs is 1. The van der Waals surface area contributed by atoms with Crippen LogP contribution in [0.25, 0.3) is 5.65 Å². The van der Waals surface area contributed by atoms with Crippen molar-refractivity contribution in [3.8, 4) is 0 Å². The van der Waals surface area contributed by atoms with Gasteiger partial charge in [0, 0.05) is 37.0 Å². The first-order chi connectivity index (χ1) is 20.3. The van der Waals surface area contributed by atoms with E-state index in [1.165, 1.54) is 34.6 Å². The summed E-state index contributed by atoms with van der Waals surface area (Å²) in [6.45, 7) is 2.08. The van der Waals surface area contributed by atoms with E-state index in [2.05, 4.69) is 20.3 Å². The first kappa shape index (κ1) is 28.1. The van der Waals surface area contributed by atoms with Gasteiger partial charge in [0.2, 0.25) is 0 Å².